The predicted molar refractivity (Wildman–Crippen MR) is 152 cm³/mol. The van der Waals surface area contributed by atoms with E-state index in [1.165, 1.54) is 16.4 Å². The average molecular weight is 546 g/mol. The Balaban J connectivity index is 1.36. The van der Waals surface area contributed by atoms with Gasteiger partial charge < -0.3 is 15.1 Å². The molecule has 39 heavy (non-hydrogen) atoms. The molecule has 0 atom stereocenters. The first-order valence-corrected chi connectivity index (χ1v) is 14.4. The number of furan rings is 1. The van der Waals surface area contributed by atoms with Crippen LogP contribution < -0.4 is 10.6 Å². The van der Waals surface area contributed by atoms with Gasteiger partial charge in [-0.3, -0.25) is 9.59 Å². The molecule has 1 amide bonds. The lowest BCUT2D eigenvalue weighted by Crippen LogP contribution is -2.37. The number of nitrogens with one attached hydrogen (secondary N) is 2. The zero-order chi connectivity index (χ0) is 27.6. The van der Waals surface area contributed by atoms with E-state index >= 15 is 0 Å². The van der Waals surface area contributed by atoms with E-state index in [1.807, 2.05) is 37.3 Å². The minimum absolute atomic E-state index is 0.0566. The van der Waals surface area contributed by atoms with Crippen LogP contribution in [0.15, 0.2) is 82.1 Å². The van der Waals surface area contributed by atoms with Gasteiger partial charge in [-0.25, -0.2) is 8.42 Å². The zero-order valence-corrected chi connectivity index (χ0v) is 22.8. The first-order chi connectivity index (χ1) is 18.7. The SMILES string of the molecule is Cc1cccc(NC(=O)c2oc3ccccc3c2NCC(=O)c2cccc(S(=O)(=O)N3CCC(C)CC3)c2)c1. The molecule has 0 spiro atoms. The molecule has 8 nitrogen and oxygen atoms in total. The zero-order valence-electron chi connectivity index (χ0n) is 21.9. The topological polar surface area (TPSA) is 109 Å². The normalized spacial score (nSPS) is 14.8. The standard InChI is InChI=1S/C30H31N3O5S/c1-20-13-15-33(16-14-20)39(36,37)24-10-6-8-22(18-24)26(34)19-31-28-25-11-3-4-12-27(25)38-29(28)30(35)32-23-9-5-7-21(2)17-23/h3-12,17-18,20,31H,13-16,19H2,1-2H3,(H,32,35). The van der Waals surface area contributed by atoms with Crippen molar-refractivity contribution in [3.05, 3.63) is 89.7 Å². The van der Waals surface area contributed by atoms with Crippen molar-refractivity contribution in [3.8, 4) is 0 Å². The number of hydrogen-bond donors (Lipinski definition) is 2. The van der Waals surface area contributed by atoms with E-state index in [-0.39, 0.29) is 28.5 Å². The molecule has 5 rings (SSSR count). The van der Waals surface area contributed by atoms with Gasteiger partial charge in [0.15, 0.2) is 5.78 Å². The van der Waals surface area contributed by atoms with Crippen LogP contribution in [0.25, 0.3) is 11.0 Å². The fourth-order valence-corrected chi connectivity index (χ4v) is 6.28. The molecule has 0 saturated carbocycles. The molecule has 1 saturated heterocycles. The highest BCUT2D eigenvalue weighted by molar-refractivity contribution is 7.89. The van der Waals surface area contributed by atoms with Crippen LogP contribution in [0.5, 0.6) is 0 Å². The quantitative estimate of drug-likeness (QED) is 0.275. The Morgan fingerprint density at radius 2 is 1.72 bits per heavy atom. The first-order valence-electron chi connectivity index (χ1n) is 13.0. The number of carbonyl (C=O) groups is 2. The van der Waals surface area contributed by atoms with E-state index in [0.717, 1.165) is 18.4 Å². The number of Topliss-reactive ketones (excluding diaryl/α,β-unsaturated/α-hetero) is 1. The molecule has 202 valence electrons. The summed E-state index contributed by atoms with van der Waals surface area (Å²) in [6, 6.07) is 20.7. The Morgan fingerprint density at radius 3 is 2.49 bits per heavy atom. The molecule has 0 radical (unpaired) electrons. The summed E-state index contributed by atoms with van der Waals surface area (Å²) in [6.45, 7) is 4.85. The van der Waals surface area contributed by atoms with Gasteiger partial charge >= 0.3 is 0 Å². The summed E-state index contributed by atoms with van der Waals surface area (Å²) in [5, 5.41) is 6.59. The van der Waals surface area contributed by atoms with Crippen LogP contribution in [-0.2, 0) is 10.0 Å². The highest BCUT2D eigenvalue weighted by atomic mass is 32.2. The Bertz CT molecular complexity index is 1640. The third-order valence-electron chi connectivity index (χ3n) is 7.04. The molecule has 1 fully saturated rings. The lowest BCUT2D eigenvalue weighted by molar-refractivity contribution is 0.0990. The largest absolute Gasteiger partial charge is 0.449 e. The molecule has 0 aliphatic carbocycles. The van der Waals surface area contributed by atoms with Gasteiger partial charge in [-0.05, 0) is 67.6 Å². The van der Waals surface area contributed by atoms with Crippen molar-refractivity contribution in [2.45, 2.75) is 31.6 Å². The summed E-state index contributed by atoms with van der Waals surface area (Å²) >= 11 is 0. The Hall–Kier alpha value is -3.95. The van der Waals surface area contributed by atoms with Gasteiger partial charge in [0.2, 0.25) is 15.8 Å². The number of sulfonamides is 1. The number of aryl methyl sites for hydroxylation is 1. The van der Waals surface area contributed by atoms with Crippen LogP contribution in [0.2, 0.25) is 0 Å². The molecule has 2 N–H and O–H groups in total. The monoisotopic (exact) mass is 545 g/mol. The molecule has 9 heteroatoms. The smallest absolute Gasteiger partial charge is 0.293 e. The van der Waals surface area contributed by atoms with Crippen molar-refractivity contribution in [1.82, 2.24) is 4.31 Å². The van der Waals surface area contributed by atoms with Crippen LogP contribution in [-0.4, -0.2) is 44.0 Å². The fraction of sp³-hybridized carbons (Fsp3) is 0.267. The second kappa shape index (κ2) is 11.0. The second-order valence-electron chi connectivity index (χ2n) is 10.0. The van der Waals surface area contributed by atoms with E-state index in [2.05, 4.69) is 17.6 Å². The number of benzene rings is 3. The molecular weight excluding hydrogens is 514 g/mol. The fourth-order valence-electron chi connectivity index (χ4n) is 4.77. The molecule has 1 aliphatic rings. The number of nitrogens with zero attached hydrogens (tertiary/aromatic N) is 1. The average Bonchev–Trinajstić information content (AvgIpc) is 3.31. The molecule has 3 aromatic carbocycles. The van der Waals surface area contributed by atoms with Crippen molar-refractivity contribution < 1.29 is 22.4 Å². The number of piperidine rings is 1. The van der Waals surface area contributed by atoms with E-state index < -0.39 is 15.9 Å². The summed E-state index contributed by atoms with van der Waals surface area (Å²) in [7, 11) is -3.69. The minimum atomic E-state index is -3.69. The molecule has 1 aliphatic heterocycles. The number of para-hydroxylation sites is 1. The van der Waals surface area contributed by atoms with E-state index in [9.17, 15) is 18.0 Å². The first kappa shape index (κ1) is 26.6. The molecule has 2 heterocycles. The summed E-state index contributed by atoms with van der Waals surface area (Å²) < 4.78 is 33.7. The summed E-state index contributed by atoms with van der Waals surface area (Å²) in [5.41, 5.74) is 2.80. The maximum atomic E-state index is 13.2. The number of ketones is 1. The molecular formula is C30H31N3O5S. The van der Waals surface area contributed by atoms with E-state index in [0.29, 0.717) is 41.4 Å². The van der Waals surface area contributed by atoms with Crippen molar-refractivity contribution in [2.24, 2.45) is 5.92 Å². The van der Waals surface area contributed by atoms with Gasteiger partial charge in [0.1, 0.15) is 5.58 Å². The van der Waals surface area contributed by atoms with Gasteiger partial charge in [-0.15, -0.1) is 0 Å². The van der Waals surface area contributed by atoms with Crippen LogP contribution in [0.1, 0.15) is 46.2 Å². The summed E-state index contributed by atoms with van der Waals surface area (Å²) in [6.07, 6.45) is 1.64. The van der Waals surface area contributed by atoms with E-state index in [4.69, 9.17) is 4.42 Å². The van der Waals surface area contributed by atoms with Gasteiger partial charge in [-0.1, -0.05) is 43.3 Å². The van der Waals surface area contributed by atoms with Crippen molar-refractivity contribution >= 4 is 44.1 Å². The highest BCUT2D eigenvalue weighted by Crippen LogP contribution is 2.32. The van der Waals surface area contributed by atoms with E-state index in [1.54, 1.807) is 30.3 Å². The van der Waals surface area contributed by atoms with Crippen molar-refractivity contribution in [1.29, 1.82) is 0 Å². The Kier molecular flexibility index (Phi) is 7.54. The van der Waals surface area contributed by atoms with Crippen molar-refractivity contribution in [3.63, 3.8) is 0 Å². The van der Waals surface area contributed by atoms with Gasteiger partial charge in [0, 0.05) is 29.7 Å². The van der Waals surface area contributed by atoms with Crippen LogP contribution in [0.4, 0.5) is 11.4 Å². The van der Waals surface area contributed by atoms with Crippen LogP contribution in [0, 0.1) is 12.8 Å². The maximum Gasteiger partial charge on any atom is 0.293 e. The molecule has 0 bridgehead atoms. The Morgan fingerprint density at radius 1 is 0.974 bits per heavy atom. The van der Waals surface area contributed by atoms with Crippen LogP contribution >= 0.6 is 0 Å². The number of carbonyl (C=O) groups excluding carboxylic acids is 2. The lowest BCUT2D eigenvalue weighted by atomic mass is 10.0. The third kappa shape index (κ3) is 5.74. The molecule has 4 aromatic rings. The van der Waals surface area contributed by atoms with Crippen LogP contribution in [0.3, 0.4) is 0 Å². The van der Waals surface area contributed by atoms with Crippen molar-refractivity contribution in [2.75, 3.05) is 30.3 Å². The molecule has 1 aromatic heterocycles. The second-order valence-corrected chi connectivity index (χ2v) is 12.0. The number of anilines is 2. The highest BCUT2D eigenvalue weighted by Gasteiger charge is 2.28. The Labute approximate surface area is 228 Å². The minimum Gasteiger partial charge on any atom is -0.449 e. The number of fused-ring (bicyclic) bond motifs is 1. The number of amides is 1. The summed E-state index contributed by atoms with van der Waals surface area (Å²) in [4.78, 5) is 26.4. The lowest BCUT2D eigenvalue weighted by Gasteiger charge is -2.29. The predicted octanol–water partition coefficient (Wildman–Crippen LogP) is 5.71. The third-order valence-corrected chi connectivity index (χ3v) is 8.93. The number of hydrogen-bond acceptors (Lipinski definition) is 6. The maximum absolute atomic E-state index is 13.2. The van der Waals surface area contributed by atoms with Gasteiger partial charge in [-0.2, -0.15) is 4.31 Å². The number of rotatable bonds is 8. The molecule has 0 unspecified atom stereocenters. The van der Waals surface area contributed by atoms with Gasteiger partial charge in [0.05, 0.1) is 17.1 Å². The van der Waals surface area contributed by atoms with Gasteiger partial charge in [0.25, 0.3) is 5.91 Å². The summed E-state index contributed by atoms with van der Waals surface area (Å²) in [5.74, 6) is -0.204.